The quantitative estimate of drug-likeness (QED) is 0.382. The van der Waals surface area contributed by atoms with Gasteiger partial charge in [-0.3, -0.25) is 0 Å². The van der Waals surface area contributed by atoms with E-state index in [1.165, 1.54) is 0 Å². The van der Waals surface area contributed by atoms with Gasteiger partial charge in [-0.15, -0.1) is 11.3 Å². The Morgan fingerprint density at radius 3 is 2.48 bits per heavy atom. The van der Waals surface area contributed by atoms with Crippen molar-refractivity contribution in [1.29, 1.82) is 0 Å². The van der Waals surface area contributed by atoms with Crippen molar-refractivity contribution in [3.05, 3.63) is 99.3 Å². The first-order chi connectivity index (χ1) is 14.5. The molecular formula is C25H18BrNaO3S. The SMILES string of the molecule is Cc1cc(-c2sccc2-c2cc(Br)ccc2OCc2ccccc2)ccc1C(=O)[O-].[Na+]. The second-order valence-electron chi connectivity index (χ2n) is 6.90. The second kappa shape index (κ2) is 10.6. The minimum absolute atomic E-state index is 0. The van der Waals surface area contributed by atoms with Crippen LogP contribution >= 0.6 is 27.3 Å². The maximum atomic E-state index is 11.2. The summed E-state index contributed by atoms with van der Waals surface area (Å²) < 4.78 is 7.13. The summed E-state index contributed by atoms with van der Waals surface area (Å²) >= 11 is 5.19. The van der Waals surface area contributed by atoms with Gasteiger partial charge in [0.1, 0.15) is 12.4 Å². The van der Waals surface area contributed by atoms with Gasteiger partial charge in [0.25, 0.3) is 0 Å². The van der Waals surface area contributed by atoms with Gasteiger partial charge in [0, 0.05) is 26.0 Å². The van der Waals surface area contributed by atoms with Gasteiger partial charge in [-0.25, -0.2) is 0 Å². The molecule has 4 rings (SSSR count). The molecule has 6 heteroatoms. The smallest absolute Gasteiger partial charge is 0.545 e. The van der Waals surface area contributed by atoms with Gasteiger partial charge in [0.15, 0.2) is 0 Å². The van der Waals surface area contributed by atoms with Crippen LogP contribution in [0.1, 0.15) is 21.5 Å². The van der Waals surface area contributed by atoms with Gasteiger partial charge in [-0.05, 0) is 59.3 Å². The summed E-state index contributed by atoms with van der Waals surface area (Å²) in [6.07, 6.45) is 0. The summed E-state index contributed by atoms with van der Waals surface area (Å²) in [7, 11) is 0. The van der Waals surface area contributed by atoms with Crippen molar-refractivity contribution in [2.45, 2.75) is 13.5 Å². The maximum absolute atomic E-state index is 11.2. The Kier molecular flexibility index (Phi) is 8.14. The van der Waals surface area contributed by atoms with Gasteiger partial charge < -0.3 is 14.6 Å². The average molecular weight is 501 g/mol. The number of carbonyl (C=O) groups excluding carboxylic acids is 1. The van der Waals surface area contributed by atoms with Gasteiger partial charge >= 0.3 is 29.6 Å². The summed E-state index contributed by atoms with van der Waals surface area (Å²) in [5.41, 5.74) is 5.00. The Morgan fingerprint density at radius 2 is 1.77 bits per heavy atom. The predicted molar refractivity (Wildman–Crippen MR) is 123 cm³/mol. The van der Waals surface area contributed by atoms with Crippen molar-refractivity contribution in [3.63, 3.8) is 0 Å². The molecule has 150 valence electrons. The molecule has 0 atom stereocenters. The number of carboxylic acids is 1. The van der Waals surface area contributed by atoms with E-state index in [1.54, 1.807) is 24.3 Å². The molecule has 0 bridgehead atoms. The van der Waals surface area contributed by atoms with Crippen molar-refractivity contribution < 1.29 is 44.2 Å². The number of aryl methyl sites for hydroxylation is 1. The molecule has 0 amide bonds. The fourth-order valence-corrected chi connectivity index (χ4v) is 4.62. The van der Waals surface area contributed by atoms with E-state index in [0.29, 0.717) is 12.2 Å². The van der Waals surface area contributed by atoms with E-state index >= 15 is 0 Å². The van der Waals surface area contributed by atoms with E-state index in [-0.39, 0.29) is 35.1 Å². The van der Waals surface area contributed by atoms with E-state index in [9.17, 15) is 9.90 Å². The van der Waals surface area contributed by atoms with E-state index < -0.39 is 5.97 Å². The summed E-state index contributed by atoms with van der Waals surface area (Å²) in [6, 6.07) is 23.4. The molecular weight excluding hydrogens is 483 g/mol. The molecule has 3 nitrogen and oxygen atoms in total. The molecule has 0 N–H and O–H groups in total. The number of carbonyl (C=O) groups is 1. The second-order valence-corrected chi connectivity index (χ2v) is 8.73. The van der Waals surface area contributed by atoms with E-state index in [1.807, 2.05) is 66.0 Å². The third kappa shape index (κ3) is 5.48. The Bertz CT molecular complexity index is 1200. The third-order valence-electron chi connectivity index (χ3n) is 4.84. The topological polar surface area (TPSA) is 49.4 Å². The number of hydrogen-bond donors (Lipinski definition) is 0. The van der Waals surface area contributed by atoms with Crippen LogP contribution in [0, 0.1) is 6.92 Å². The van der Waals surface area contributed by atoms with Crippen LogP contribution < -0.4 is 39.4 Å². The Hall–Kier alpha value is -1.89. The van der Waals surface area contributed by atoms with E-state index in [2.05, 4.69) is 22.0 Å². The first-order valence-corrected chi connectivity index (χ1v) is 11.1. The predicted octanol–water partition coefficient (Wildman–Crippen LogP) is 3.10. The number of halogens is 1. The van der Waals surface area contributed by atoms with Crippen molar-refractivity contribution in [2.75, 3.05) is 0 Å². The van der Waals surface area contributed by atoms with Gasteiger partial charge in [0.05, 0.1) is 5.97 Å². The molecule has 0 fully saturated rings. The fraction of sp³-hybridized carbons (Fsp3) is 0.0800. The molecule has 0 unspecified atom stereocenters. The number of carboxylic acid groups (broad SMARTS) is 1. The molecule has 3 aromatic carbocycles. The molecule has 0 saturated heterocycles. The first kappa shape index (κ1) is 23.8. The molecule has 0 aliphatic rings. The third-order valence-corrected chi connectivity index (χ3v) is 6.30. The maximum Gasteiger partial charge on any atom is 1.00 e. The number of aromatic carboxylic acids is 1. The zero-order valence-electron chi connectivity index (χ0n) is 17.2. The Morgan fingerprint density at radius 1 is 1.00 bits per heavy atom. The molecule has 0 spiro atoms. The molecule has 0 aliphatic heterocycles. The minimum atomic E-state index is -1.16. The summed E-state index contributed by atoms with van der Waals surface area (Å²) in [5.74, 6) is -0.362. The normalized spacial score (nSPS) is 10.4. The summed E-state index contributed by atoms with van der Waals surface area (Å²) in [5, 5.41) is 13.3. The van der Waals surface area contributed by atoms with Crippen LogP contribution in [0.15, 0.2) is 82.6 Å². The summed E-state index contributed by atoms with van der Waals surface area (Å²) in [4.78, 5) is 12.3. The van der Waals surface area contributed by atoms with Gasteiger partial charge in [-0.2, -0.15) is 0 Å². The fourth-order valence-electron chi connectivity index (χ4n) is 3.35. The number of thiophene rings is 1. The monoisotopic (exact) mass is 500 g/mol. The molecule has 31 heavy (non-hydrogen) atoms. The minimum Gasteiger partial charge on any atom is -0.545 e. The summed E-state index contributed by atoms with van der Waals surface area (Å²) in [6.45, 7) is 2.27. The van der Waals surface area contributed by atoms with Gasteiger partial charge in [-0.1, -0.05) is 58.4 Å². The van der Waals surface area contributed by atoms with Crippen LogP contribution in [0.25, 0.3) is 21.6 Å². The Labute approximate surface area is 216 Å². The van der Waals surface area contributed by atoms with Crippen LogP contribution in [-0.4, -0.2) is 5.97 Å². The number of ether oxygens (including phenoxy) is 1. The largest absolute Gasteiger partial charge is 1.00 e. The molecule has 0 aliphatic carbocycles. The van der Waals surface area contributed by atoms with Crippen LogP contribution in [0.2, 0.25) is 0 Å². The van der Waals surface area contributed by atoms with Crippen LogP contribution in [0.5, 0.6) is 5.75 Å². The average Bonchev–Trinajstić information content (AvgIpc) is 3.23. The molecule has 0 radical (unpaired) electrons. The molecule has 1 aromatic heterocycles. The standard InChI is InChI=1S/C25H19BrO3S.Na/c1-16-13-18(7-9-20(16)25(27)28)24-21(11-12-30-24)22-14-19(26)8-10-23(22)29-15-17-5-3-2-4-6-17;/h2-14H,15H2,1H3,(H,27,28);/q;+1/p-1. The van der Waals surface area contributed by atoms with E-state index in [4.69, 9.17) is 4.74 Å². The molecule has 0 saturated carbocycles. The Balaban J connectivity index is 0.00000272. The first-order valence-electron chi connectivity index (χ1n) is 9.39. The van der Waals surface area contributed by atoms with Crippen molar-refractivity contribution in [2.24, 2.45) is 0 Å². The molecule has 1 heterocycles. The molecule has 4 aromatic rings. The van der Waals surface area contributed by atoms with Crippen molar-refractivity contribution in [1.82, 2.24) is 0 Å². The number of rotatable bonds is 6. The van der Waals surface area contributed by atoms with Crippen LogP contribution in [-0.2, 0) is 6.61 Å². The van der Waals surface area contributed by atoms with Gasteiger partial charge in [0.2, 0.25) is 0 Å². The van der Waals surface area contributed by atoms with Crippen LogP contribution in [0.4, 0.5) is 0 Å². The number of benzene rings is 3. The zero-order valence-corrected chi connectivity index (χ0v) is 21.6. The zero-order chi connectivity index (χ0) is 21.1. The van der Waals surface area contributed by atoms with Crippen molar-refractivity contribution in [3.8, 4) is 27.3 Å². The van der Waals surface area contributed by atoms with E-state index in [0.717, 1.165) is 37.4 Å². The van der Waals surface area contributed by atoms with Crippen LogP contribution in [0.3, 0.4) is 0 Å². The number of hydrogen-bond acceptors (Lipinski definition) is 4. The van der Waals surface area contributed by atoms with Crippen molar-refractivity contribution >= 4 is 33.2 Å².